The lowest BCUT2D eigenvalue weighted by molar-refractivity contribution is -0.136. The van der Waals surface area contributed by atoms with Crippen LogP contribution in [0.25, 0.3) is 5.65 Å². The highest BCUT2D eigenvalue weighted by Crippen LogP contribution is 2.33. The van der Waals surface area contributed by atoms with Crippen molar-refractivity contribution < 1.29 is 19.1 Å². The predicted octanol–water partition coefficient (Wildman–Crippen LogP) is 5.39. The summed E-state index contributed by atoms with van der Waals surface area (Å²) in [6.45, 7) is 9.48. The van der Waals surface area contributed by atoms with E-state index in [4.69, 9.17) is 4.74 Å². The molecule has 4 heterocycles. The molecule has 0 spiro atoms. The van der Waals surface area contributed by atoms with Crippen LogP contribution in [0.1, 0.15) is 63.1 Å². The van der Waals surface area contributed by atoms with Crippen molar-refractivity contribution in [3.05, 3.63) is 125 Å². The van der Waals surface area contributed by atoms with Crippen molar-refractivity contribution in [3.8, 4) is 0 Å². The molecule has 1 aliphatic rings. The van der Waals surface area contributed by atoms with Gasteiger partial charge in [0.2, 0.25) is 5.91 Å². The van der Waals surface area contributed by atoms with Crippen LogP contribution in [0.4, 0.5) is 0 Å². The van der Waals surface area contributed by atoms with E-state index in [9.17, 15) is 14.4 Å². The van der Waals surface area contributed by atoms with E-state index in [0.29, 0.717) is 37.5 Å². The van der Waals surface area contributed by atoms with Gasteiger partial charge in [-0.2, -0.15) is 5.10 Å². The first-order valence-electron chi connectivity index (χ1n) is 16.4. The van der Waals surface area contributed by atoms with Gasteiger partial charge in [0, 0.05) is 56.2 Å². The minimum Gasteiger partial charge on any atom is -0.462 e. The van der Waals surface area contributed by atoms with Crippen molar-refractivity contribution in [2.24, 2.45) is 0 Å². The Bertz CT molecular complexity index is 1910. The fourth-order valence-electron chi connectivity index (χ4n) is 6.16. The molecule has 0 N–H and O–H groups in total. The first-order chi connectivity index (χ1) is 23.8. The average Bonchev–Trinajstić information content (AvgIpc) is 3.46. The third-order valence-corrected chi connectivity index (χ3v) is 9.77. The van der Waals surface area contributed by atoms with E-state index in [2.05, 4.69) is 44.2 Å². The Balaban J connectivity index is 1.28. The van der Waals surface area contributed by atoms with Crippen molar-refractivity contribution in [1.82, 2.24) is 33.7 Å². The van der Waals surface area contributed by atoms with Gasteiger partial charge in [-0.25, -0.2) is 19.3 Å². The third kappa shape index (κ3) is 7.20. The number of aromatic nitrogens is 4. The Labute approximate surface area is 290 Å². The maximum absolute atomic E-state index is 14.5. The highest BCUT2D eigenvalue weighted by atomic mass is 32.2. The van der Waals surface area contributed by atoms with Crippen molar-refractivity contribution in [1.29, 1.82) is 0 Å². The van der Waals surface area contributed by atoms with E-state index in [1.54, 1.807) is 49.8 Å². The zero-order valence-corrected chi connectivity index (χ0v) is 28.8. The largest absolute Gasteiger partial charge is 0.462 e. The highest BCUT2D eigenvalue weighted by molar-refractivity contribution is 7.97. The number of piperazine rings is 1. The van der Waals surface area contributed by atoms with Crippen molar-refractivity contribution in [3.63, 3.8) is 0 Å². The van der Waals surface area contributed by atoms with Crippen molar-refractivity contribution >= 4 is 35.4 Å². The molecule has 0 radical (unpaired) electrons. The summed E-state index contributed by atoms with van der Waals surface area (Å²) in [5, 5.41) is 4.77. The van der Waals surface area contributed by atoms with Gasteiger partial charge < -0.3 is 9.64 Å². The number of ether oxygens (including phenoxy) is 1. The number of hydrogen-bond acceptors (Lipinski definition) is 9. The summed E-state index contributed by atoms with van der Waals surface area (Å²) < 4.78 is 8.22. The fraction of sp³-hybridized carbons (Fsp3) is 0.297. The molecule has 1 saturated heterocycles. The van der Waals surface area contributed by atoms with Crippen LogP contribution >= 0.6 is 11.9 Å². The number of esters is 1. The molecule has 5 aromatic rings. The summed E-state index contributed by atoms with van der Waals surface area (Å²) in [7, 11) is 0. The summed E-state index contributed by atoms with van der Waals surface area (Å²) >= 11 is 0.947. The molecule has 11 nitrogen and oxygen atoms in total. The second-order valence-electron chi connectivity index (χ2n) is 11.9. The molecule has 0 saturated carbocycles. The van der Waals surface area contributed by atoms with Crippen molar-refractivity contribution in [2.45, 2.75) is 44.8 Å². The minimum atomic E-state index is -0.917. The van der Waals surface area contributed by atoms with Gasteiger partial charge in [-0.1, -0.05) is 60.7 Å². The third-order valence-electron chi connectivity index (χ3n) is 8.60. The van der Waals surface area contributed by atoms with Crippen LogP contribution in [-0.2, 0) is 9.53 Å². The number of benzene rings is 2. The average molecular weight is 678 g/mol. The molecule has 1 fully saturated rings. The molecule has 2 amide bonds. The summed E-state index contributed by atoms with van der Waals surface area (Å²) in [5.74, 6) is -1.22. The lowest BCUT2D eigenvalue weighted by Gasteiger charge is -2.41. The molecule has 2 aromatic carbocycles. The molecule has 0 aliphatic carbocycles. The van der Waals surface area contributed by atoms with Gasteiger partial charge >= 0.3 is 5.97 Å². The van der Waals surface area contributed by atoms with Gasteiger partial charge in [0.25, 0.3) is 5.91 Å². The number of aryl methyl sites for hydroxylation is 2. The molecule has 49 heavy (non-hydrogen) atoms. The van der Waals surface area contributed by atoms with Crippen LogP contribution < -0.4 is 0 Å². The molecule has 0 bridgehead atoms. The van der Waals surface area contributed by atoms with Crippen LogP contribution in [0.3, 0.4) is 0 Å². The SMILES string of the molecule is CCOC(=O)c1cccnc1SN(C(=O)c1c(C)nn2ccc(C)nc12)[C@H](C)C(=O)N1CCN(C(c2ccccc2)c2ccccc2)CC1. The van der Waals surface area contributed by atoms with E-state index in [1.165, 1.54) is 15.4 Å². The standard InChI is InChI=1S/C37H39N7O4S/c1-5-48-37(47)30-17-12-19-38-34(30)49-44(36(46)31-26(3)40-43-20-18-25(2)39-33(31)43)27(4)35(45)42-23-21-41(22-24-42)32(28-13-8-6-9-14-28)29-15-10-7-11-16-29/h6-20,27,32H,5,21-24H2,1-4H3/t27-/m1/s1. The molecule has 0 unspecified atom stereocenters. The van der Waals surface area contributed by atoms with Crippen LogP contribution in [0.2, 0.25) is 0 Å². The second-order valence-corrected chi connectivity index (χ2v) is 12.8. The fourth-order valence-corrected chi connectivity index (χ4v) is 7.12. The summed E-state index contributed by atoms with van der Waals surface area (Å²) in [6, 6.07) is 25.0. The zero-order chi connectivity index (χ0) is 34.5. The minimum absolute atomic E-state index is 0.0470. The number of amides is 2. The zero-order valence-electron chi connectivity index (χ0n) is 28.0. The Kier molecular flexibility index (Phi) is 10.4. The molecule has 252 valence electrons. The summed E-state index contributed by atoms with van der Waals surface area (Å²) in [6.07, 6.45) is 3.30. The van der Waals surface area contributed by atoms with E-state index >= 15 is 0 Å². The normalized spacial score (nSPS) is 14.2. The quantitative estimate of drug-likeness (QED) is 0.142. The molecule has 6 rings (SSSR count). The van der Waals surface area contributed by atoms with E-state index in [0.717, 1.165) is 17.6 Å². The van der Waals surface area contributed by atoms with Crippen LogP contribution in [0.5, 0.6) is 0 Å². The maximum Gasteiger partial charge on any atom is 0.340 e. The molecule has 12 heteroatoms. The van der Waals surface area contributed by atoms with Crippen LogP contribution in [-0.4, -0.2) is 90.3 Å². The Morgan fingerprint density at radius 1 is 0.898 bits per heavy atom. The molecular weight excluding hydrogens is 639 g/mol. The van der Waals surface area contributed by atoms with Crippen LogP contribution in [0.15, 0.2) is 96.3 Å². The number of carbonyl (C=O) groups excluding carboxylic acids is 3. The number of hydrogen-bond donors (Lipinski definition) is 0. The number of pyridine rings is 1. The first kappa shape index (κ1) is 33.8. The van der Waals surface area contributed by atoms with Gasteiger partial charge in [0.1, 0.15) is 16.6 Å². The van der Waals surface area contributed by atoms with Gasteiger partial charge in [-0.3, -0.25) is 18.8 Å². The first-order valence-corrected chi connectivity index (χ1v) is 17.1. The number of fused-ring (bicyclic) bond motifs is 1. The lowest BCUT2D eigenvalue weighted by atomic mass is 9.96. The summed E-state index contributed by atoms with van der Waals surface area (Å²) in [5.41, 5.74) is 4.45. The Hall–Kier alpha value is -5.07. The number of rotatable bonds is 10. The molecule has 1 atom stereocenters. The van der Waals surface area contributed by atoms with Crippen LogP contribution in [0, 0.1) is 13.8 Å². The lowest BCUT2D eigenvalue weighted by Crippen LogP contribution is -2.54. The van der Waals surface area contributed by atoms with Gasteiger partial charge in [-0.15, -0.1) is 0 Å². The highest BCUT2D eigenvalue weighted by Gasteiger charge is 2.37. The predicted molar refractivity (Wildman–Crippen MR) is 187 cm³/mol. The van der Waals surface area contributed by atoms with Gasteiger partial charge in [0.15, 0.2) is 5.65 Å². The second kappa shape index (κ2) is 15.0. The van der Waals surface area contributed by atoms with E-state index in [1.807, 2.05) is 54.3 Å². The maximum atomic E-state index is 14.5. The smallest absolute Gasteiger partial charge is 0.340 e. The number of nitrogens with zero attached hydrogens (tertiary/aromatic N) is 7. The van der Waals surface area contributed by atoms with E-state index in [-0.39, 0.29) is 34.7 Å². The summed E-state index contributed by atoms with van der Waals surface area (Å²) in [4.78, 5) is 54.9. The topological polar surface area (TPSA) is 113 Å². The molecular formula is C37H39N7O4S. The Morgan fingerprint density at radius 3 is 2.18 bits per heavy atom. The molecule has 3 aromatic heterocycles. The Morgan fingerprint density at radius 2 is 1.55 bits per heavy atom. The van der Waals surface area contributed by atoms with Gasteiger partial charge in [-0.05, 0) is 57.0 Å². The van der Waals surface area contributed by atoms with E-state index < -0.39 is 17.9 Å². The van der Waals surface area contributed by atoms with Crippen molar-refractivity contribution in [2.75, 3.05) is 32.8 Å². The number of carbonyl (C=O) groups is 3. The van der Waals surface area contributed by atoms with Gasteiger partial charge in [0.05, 0.1) is 23.9 Å². The monoisotopic (exact) mass is 677 g/mol. The molecule has 1 aliphatic heterocycles.